The van der Waals surface area contributed by atoms with E-state index in [1.165, 1.54) is 86.0 Å². The van der Waals surface area contributed by atoms with Crippen LogP contribution >= 0.6 is 11.3 Å². The summed E-state index contributed by atoms with van der Waals surface area (Å²) in [6.07, 6.45) is 0. The Kier molecular flexibility index (Phi) is 9.00. The van der Waals surface area contributed by atoms with E-state index in [-0.39, 0.29) is 0 Å². The summed E-state index contributed by atoms with van der Waals surface area (Å²) in [5, 5.41) is 7.39. The Morgan fingerprint density at radius 3 is 1.16 bits per heavy atom. The van der Waals surface area contributed by atoms with E-state index >= 15 is 0 Å². The predicted molar refractivity (Wildman–Crippen MR) is 289 cm³/mol. The van der Waals surface area contributed by atoms with Gasteiger partial charge in [-0.05, 0) is 107 Å². The van der Waals surface area contributed by atoms with Gasteiger partial charge in [0.25, 0.3) is 0 Å². The number of hydrogen-bond donors (Lipinski definition) is 0. The van der Waals surface area contributed by atoms with E-state index in [1.54, 1.807) is 11.3 Å². The van der Waals surface area contributed by atoms with Crippen molar-refractivity contribution in [2.45, 2.75) is 0 Å². The Labute approximate surface area is 401 Å². The van der Waals surface area contributed by atoms with Gasteiger partial charge in [-0.3, -0.25) is 0 Å². The van der Waals surface area contributed by atoms with Crippen molar-refractivity contribution in [3.05, 3.63) is 237 Å². The second kappa shape index (κ2) is 15.8. The van der Waals surface area contributed by atoms with Crippen LogP contribution in [0.25, 0.3) is 132 Å². The van der Waals surface area contributed by atoms with Gasteiger partial charge in [0.1, 0.15) is 0 Å². The van der Waals surface area contributed by atoms with E-state index in [0.717, 1.165) is 28.1 Å². The molecule has 322 valence electrons. The Hall–Kier alpha value is -8.97. The van der Waals surface area contributed by atoms with E-state index in [9.17, 15) is 0 Å². The highest BCUT2D eigenvalue weighted by molar-refractivity contribution is 7.25. The highest BCUT2D eigenvalue weighted by Crippen LogP contribution is 2.42. The standard InChI is InChI=1S/C63H39N5S/c1-5-15-40(16-6-1)61-64-62(41-17-7-2-8-18-41)66-63(65-61)46-25-30-50-54-38-45(29-34-59(54)69-60(50)39-46)44-28-33-58-53(37-44)52-36-43(27-32-57(52)68(58)48-21-11-4-12-22-48)42-26-31-56-51(35-42)49-23-13-14-24-55(49)67(56)47-19-9-3-10-20-47/h1-39H. The number of rotatable bonds is 7. The van der Waals surface area contributed by atoms with Gasteiger partial charge in [-0.2, -0.15) is 0 Å². The second-order valence-electron chi connectivity index (χ2n) is 17.6. The van der Waals surface area contributed by atoms with Gasteiger partial charge in [0.2, 0.25) is 0 Å². The van der Waals surface area contributed by atoms with E-state index in [1.807, 2.05) is 60.7 Å². The average molecular weight is 898 g/mol. The summed E-state index contributed by atoms with van der Waals surface area (Å²) in [6, 6.07) is 84.8. The molecule has 14 aromatic rings. The Bertz CT molecular complexity index is 4230. The van der Waals surface area contributed by atoms with Crippen molar-refractivity contribution in [1.29, 1.82) is 0 Å². The lowest BCUT2D eigenvalue weighted by atomic mass is 9.98. The maximum absolute atomic E-state index is 5.02. The van der Waals surface area contributed by atoms with Crippen molar-refractivity contribution in [3.63, 3.8) is 0 Å². The van der Waals surface area contributed by atoms with Gasteiger partial charge >= 0.3 is 0 Å². The molecule has 0 saturated heterocycles. The van der Waals surface area contributed by atoms with Gasteiger partial charge < -0.3 is 9.13 Å². The van der Waals surface area contributed by atoms with Gasteiger partial charge in [0.15, 0.2) is 17.5 Å². The second-order valence-corrected chi connectivity index (χ2v) is 18.7. The fraction of sp³-hybridized carbons (Fsp3) is 0. The van der Waals surface area contributed by atoms with Crippen LogP contribution in [0.5, 0.6) is 0 Å². The SMILES string of the molecule is c1ccc(-c2nc(-c3ccccc3)nc(-c3ccc4c(c3)sc3ccc(-c5ccc6c(c5)c5cc(-c7ccc8c(c7)c7ccccc7n8-c7ccccc7)ccc5n6-c5ccccc5)cc34)n2)cc1. The first-order chi connectivity index (χ1) is 34.2. The summed E-state index contributed by atoms with van der Waals surface area (Å²) < 4.78 is 7.21. The molecule has 0 fully saturated rings. The third-order valence-corrected chi connectivity index (χ3v) is 14.7. The topological polar surface area (TPSA) is 48.5 Å². The maximum atomic E-state index is 5.02. The highest BCUT2D eigenvalue weighted by atomic mass is 32.1. The molecule has 5 nitrogen and oxygen atoms in total. The minimum atomic E-state index is 0.657. The van der Waals surface area contributed by atoms with Crippen molar-refractivity contribution in [1.82, 2.24) is 24.1 Å². The fourth-order valence-corrected chi connectivity index (χ4v) is 11.4. The predicted octanol–water partition coefficient (Wildman–Crippen LogP) is 16.8. The molecule has 0 N–H and O–H groups in total. The first-order valence-corrected chi connectivity index (χ1v) is 24.1. The molecule has 0 aliphatic rings. The van der Waals surface area contributed by atoms with Gasteiger partial charge in [-0.25, -0.2) is 15.0 Å². The normalized spacial score (nSPS) is 11.8. The van der Waals surface area contributed by atoms with Gasteiger partial charge in [-0.1, -0.05) is 152 Å². The van der Waals surface area contributed by atoms with Crippen LogP contribution in [0.4, 0.5) is 0 Å². The molecule has 0 radical (unpaired) electrons. The summed E-state index contributed by atoms with van der Waals surface area (Å²) >= 11 is 1.81. The first-order valence-electron chi connectivity index (χ1n) is 23.3. The number of benzene rings is 10. The Morgan fingerprint density at radius 1 is 0.246 bits per heavy atom. The molecule has 4 heterocycles. The molecule has 10 aromatic carbocycles. The van der Waals surface area contributed by atoms with Crippen LogP contribution in [0.3, 0.4) is 0 Å². The smallest absolute Gasteiger partial charge is 0.164 e. The van der Waals surface area contributed by atoms with Crippen LogP contribution in [0.15, 0.2) is 237 Å². The number of thiophene rings is 1. The van der Waals surface area contributed by atoms with Crippen LogP contribution in [-0.2, 0) is 0 Å². The molecule has 0 aliphatic carbocycles. The summed E-state index contributed by atoms with van der Waals surface area (Å²) in [5.41, 5.74) is 14.7. The molecule has 14 rings (SSSR count). The summed E-state index contributed by atoms with van der Waals surface area (Å²) in [4.78, 5) is 14.9. The minimum Gasteiger partial charge on any atom is -0.309 e. The molecule has 0 unspecified atom stereocenters. The molecule has 0 aliphatic heterocycles. The van der Waals surface area contributed by atoms with Crippen molar-refractivity contribution >= 4 is 75.1 Å². The molecule has 4 aromatic heterocycles. The molecular weight excluding hydrogens is 859 g/mol. The summed E-state index contributed by atoms with van der Waals surface area (Å²) in [6.45, 7) is 0. The fourth-order valence-electron chi connectivity index (χ4n) is 10.3. The minimum absolute atomic E-state index is 0.657. The van der Waals surface area contributed by atoms with E-state index in [4.69, 9.17) is 15.0 Å². The quantitative estimate of drug-likeness (QED) is 0.160. The van der Waals surface area contributed by atoms with Crippen LogP contribution in [0.1, 0.15) is 0 Å². The Morgan fingerprint density at radius 2 is 0.638 bits per heavy atom. The van der Waals surface area contributed by atoms with Gasteiger partial charge in [0, 0.05) is 69.8 Å². The van der Waals surface area contributed by atoms with Crippen molar-refractivity contribution in [2.75, 3.05) is 0 Å². The van der Waals surface area contributed by atoms with E-state index < -0.39 is 0 Å². The van der Waals surface area contributed by atoms with Crippen LogP contribution < -0.4 is 0 Å². The molecule has 0 bridgehead atoms. The molecular formula is C63H39N5S. The molecule has 0 saturated carbocycles. The van der Waals surface area contributed by atoms with Crippen molar-refractivity contribution in [2.24, 2.45) is 0 Å². The van der Waals surface area contributed by atoms with Crippen LogP contribution in [-0.4, -0.2) is 24.1 Å². The maximum Gasteiger partial charge on any atom is 0.164 e. The number of nitrogens with zero attached hydrogens (tertiary/aromatic N) is 5. The van der Waals surface area contributed by atoms with Crippen LogP contribution in [0.2, 0.25) is 0 Å². The highest BCUT2D eigenvalue weighted by Gasteiger charge is 2.19. The third kappa shape index (κ3) is 6.56. The average Bonchev–Trinajstić information content (AvgIpc) is 4.08. The number of hydrogen-bond acceptors (Lipinski definition) is 4. The molecule has 0 amide bonds. The third-order valence-electron chi connectivity index (χ3n) is 13.6. The number of para-hydroxylation sites is 3. The molecule has 0 atom stereocenters. The molecule has 6 heteroatoms. The number of fused-ring (bicyclic) bond motifs is 9. The van der Waals surface area contributed by atoms with Crippen molar-refractivity contribution < 1.29 is 0 Å². The van der Waals surface area contributed by atoms with Gasteiger partial charge in [-0.15, -0.1) is 11.3 Å². The lowest BCUT2D eigenvalue weighted by Crippen LogP contribution is -1.99. The zero-order chi connectivity index (χ0) is 45.4. The Balaban J connectivity index is 0.881. The van der Waals surface area contributed by atoms with Gasteiger partial charge in [0.05, 0.1) is 22.1 Å². The summed E-state index contributed by atoms with van der Waals surface area (Å²) in [5.74, 6) is 1.97. The van der Waals surface area contributed by atoms with Crippen LogP contribution in [0, 0.1) is 0 Å². The zero-order valence-electron chi connectivity index (χ0n) is 37.2. The molecule has 0 spiro atoms. The largest absolute Gasteiger partial charge is 0.309 e. The lowest BCUT2D eigenvalue weighted by Gasteiger charge is -2.09. The first kappa shape index (κ1) is 39.2. The number of aromatic nitrogens is 5. The summed E-state index contributed by atoms with van der Waals surface area (Å²) in [7, 11) is 0. The zero-order valence-corrected chi connectivity index (χ0v) is 38.0. The lowest BCUT2D eigenvalue weighted by molar-refractivity contribution is 1.07. The van der Waals surface area contributed by atoms with Crippen molar-refractivity contribution in [3.8, 4) is 67.8 Å². The van der Waals surface area contributed by atoms with E-state index in [2.05, 4.69) is 185 Å². The monoisotopic (exact) mass is 897 g/mol. The van der Waals surface area contributed by atoms with E-state index in [0.29, 0.717) is 17.5 Å². The molecule has 69 heavy (non-hydrogen) atoms.